The van der Waals surface area contributed by atoms with E-state index >= 15 is 0 Å². The van der Waals surface area contributed by atoms with Crippen molar-refractivity contribution in [1.82, 2.24) is 4.98 Å². The molecule has 0 amide bonds. The molecule has 0 aliphatic rings. The van der Waals surface area contributed by atoms with Gasteiger partial charge >= 0.3 is 0 Å². The third-order valence-corrected chi connectivity index (χ3v) is 2.68. The molecule has 0 bridgehead atoms. The number of halogens is 2. The molecule has 2 rings (SSSR count). The predicted molar refractivity (Wildman–Crippen MR) is 64.2 cm³/mol. The highest BCUT2D eigenvalue weighted by atomic mass is 127. The van der Waals surface area contributed by atoms with Gasteiger partial charge in [-0.25, -0.2) is 4.98 Å². The van der Waals surface area contributed by atoms with Crippen molar-refractivity contribution < 1.29 is 4.42 Å². The molecule has 0 atom stereocenters. The monoisotopic (exact) mass is 319 g/mol. The molecule has 0 unspecified atom stereocenters. The van der Waals surface area contributed by atoms with Gasteiger partial charge in [-0.2, -0.15) is 0 Å². The summed E-state index contributed by atoms with van der Waals surface area (Å²) in [6.45, 7) is 0. The summed E-state index contributed by atoms with van der Waals surface area (Å²) in [5.41, 5.74) is 1.03. The van der Waals surface area contributed by atoms with Crippen LogP contribution in [-0.2, 0) is 5.88 Å². The standard InChI is InChI=1S/C10H7ClINO/c11-5-10-13-6-9(14-10)7-2-1-3-8(12)4-7/h1-4,6H,5H2. The Labute approximate surface area is 100 Å². The van der Waals surface area contributed by atoms with Gasteiger partial charge in [0, 0.05) is 9.13 Å². The normalized spacial score (nSPS) is 10.4. The van der Waals surface area contributed by atoms with Crippen LogP contribution in [0.4, 0.5) is 0 Å². The largest absolute Gasteiger partial charge is 0.439 e. The first-order valence-corrected chi connectivity index (χ1v) is 5.67. The Morgan fingerprint density at radius 3 is 2.93 bits per heavy atom. The zero-order chi connectivity index (χ0) is 9.97. The SMILES string of the molecule is ClCc1ncc(-c2cccc(I)c2)o1. The van der Waals surface area contributed by atoms with Gasteiger partial charge in [-0.3, -0.25) is 0 Å². The maximum atomic E-state index is 5.60. The van der Waals surface area contributed by atoms with Crippen LogP contribution in [0.3, 0.4) is 0 Å². The summed E-state index contributed by atoms with van der Waals surface area (Å²) in [6, 6.07) is 8.04. The van der Waals surface area contributed by atoms with Crippen molar-refractivity contribution in [2.45, 2.75) is 5.88 Å². The second kappa shape index (κ2) is 4.31. The van der Waals surface area contributed by atoms with Crippen molar-refractivity contribution in [3.8, 4) is 11.3 Å². The number of alkyl halides is 1. The summed E-state index contributed by atoms with van der Waals surface area (Å²) < 4.78 is 6.60. The lowest BCUT2D eigenvalue weighted by Crippen LogP contribution is -1.75. The smallest absolute Gasteiger partial charge is 0.209 e. The number of nitrogens with zero attached hydrogens (tertiary/aromatic N) is 1. The van der Waals surface area contributed by atoms with Crippen LogP contribution in [0.1, 0.15) is 5.89 Å². The van der Waals surface area contributed by atoms with Crippen molar-refractivity contribution in [3.63, 3.8) is 0 Å². The predicted octanol–water partition coefficient (Wildman–Crippen LogP) is 3.69. The molecular weight excluding hydrogens is 312 g/mol. The number of benzene rings is 1. The van der Waals surface area contributed by atoms with Gasteiger partial charge in [-0.1, -0.05) is 12.1 Å². The summed E-state index contributed by atoms with van der Waals surface area (Å²) in [6.07, 6.45) is 1.70. The van der Waals surface area contributed by atoms with Gasteiger partial charge in [-0.05, 0) is 34.7 Å². The van der Waals surface area contributed by atoms with Crippen LogP contribution in [0.5, 0.6) is 0 Å². The Kier molecular flexibility index (Phi) is 3.08. The molecule has 0 radical (unpaired) electrons. The highest BCUT2D eigenvalue weighted by molar-refractivity contribution is 14.1. The third kappa shape index (κ3) is 2.09. The van der Waals surface area contributed by atoms with Gasteiger partial charge in [0.2, 0.25) is 5.89 Å². The first kappa shape index (κ1) is 9.98. The van der Waals surface area contributed by atoms with E-state index in [0.29, 0.717) is 11.8 Å². The van der Waals surface area contributed by atoms with E-state index < -0.39 is 0 Å². The molecule has 4 heteroatoms. The lowest BCUT2D eigenvalue weighted by atomic mass is 10.2. The minimum Gasteiger partial charge on any atom is -0.439 e. The summed E-state index contributed by atoms with van der Waals surface area (Å²) >= 11 is 7.86. The highest BCUT2D eigenvalue weighted by Crippen LogP contribution is 2.22. The molecule has 0 aliphatic heterocycles. The first-order chi connectivity index (χ1) is 6.79. The fraction of sp³-hybridized carbons (Fsp3) is 0.100. The van der Waals surface area contributed by atoms with E-state index in [0.717, 1.165) is 11.3 Å². The molecule has 1 heterocycles. The van der Waals surface area contributed by atoms with E-state index in [1.165, 1.54) is 3.57 Å². The van der Waals surface area contributed by atoms with E-state index in [2.05, 4.69) is 27.6 Å². The number of hydrogen-bond donors (Lipinski definition) is 0. The number of oxazole rings is 1. The average Bonchev–Trinajstić information content (AvgIpc) is 2.66. The van der Waals surface area contributed by atoms with Gasteiger partial charge in [0.1, 0.15) is 0 Å². The van der Waals surface area contributed by atoms with Crippen molar-refractivity contribution in [3.05, 3.63) is 39.9 Å². The summed E-state index contributed by atoms with van der Waals surface area (Å²) in [5.74, 6) is 1.63. The maximum Gasteiger partial charge on any atom is 0.209 e. The van der Waals surface area contributed by atoms with E-state index in [1.54, 1.807) is 6.20 Å². The van der Waals surface area contributed by atoms with Gasteiger partial charge in [0.15, 0.2) is 5.76 Å². The summed E-state index contributed by atoms with van der Waals surface area (Å²) in [5, 5.41) is 0. The maximum absolute atomic E-state index is 5.60. The van der Waals surface area contributed by atoms with Gasteiger partial charge in [0.25, 0.3) is 0 Å². The molecule has 0 saturated heterocycles. The van der Waals surface area contributed by atoms with Crippen molar-refractivity contribution in [2.24, 2.45) is 0 Å². The molecule has 14 heavy (non-hydrogen) atoms. The summed E-state index contributed by atoms with van der Waals surface area (Å²) in [4.78, 5) is 4.04. The fourth-order valence-corrected chi connectivity index (χ4v) is 1.81. The van der Waals surface area contributed by atoms with Gasteiger partial charge in [0.05, 0.1) is 12.1 Å². The average molecular weight is 320 g/mol. The van der Waals surface area contributed by atoms with Crippen LogP contribution in [0, 0.1) is 3.57 Å². The fourth-order valence-electron chi connectivity index (χ4n) is 1.15. The van der Waals surface area contributed by atoms with E-state index in [4.69, 9.17) is 16.0 Å². The molecule has 1 aromatic heterocycles. The van der Waals surface area contributed by atoms with Gasteiger partial charge in [-0.15, -0.1) is 11.6 Å². The molecular formula is C10H7ClINO. The molecule has 2 nitrogen and oxygen atoms in total. The van der Waals surface area contributed by atoms with Crippen LogP contribution in [0.25, 0.3) is 11.3 Å². The lowest BCUT2D eigenvalue weighted by molar-refractivity contribution is 0.529. The second-order valence-corrected chi connectivity index (χ2v) is 4.28. The van der Waals surface area contributed by atoms with E-state index in [1.807, 2.05) is 24.3 Å². The third-order valence-electron chi connectivity index (χ3n) is 1.78. The number of rotatable bonds is 2. The molecule has 0 N–H and O–H groups in total. The van der Waals surface area contributed by atoms with Crippen LogP contribution in [0.2, 0.25) is 0 Å². The zero-order valence-corrected chi connectivity index (χ0v) is 10.1. The van der Waals surface area contributed by atoms with Crippen LogP contribution < -0.4 is 0 Å². The van der Waals surface area contributed by atoms with Crippen molar-refractivity contribution in [1.29, 1.82) is 0 Å². The van der Waals surface area contributed by atoms with Crippen LogP contribution >= 0.6 is 34.2 Å². The first-order valence-electron chi connectivity index (χ1n) is 4.06. The zero-order valence-electron chi connectivity index (χ0n) is 7.21. The molecule has 0 spiro atoms. The Balaban J connectivity index is 2.39. The van der Waals surface area contributed by atoms with E-state index in [9.17, 15) is 0 Å². The second-order valence-electron chi connectivity index (χ2n) is 2.76. The summed E-state index contributed by atoms with van der Waals surface area (Å²) in [7, 11) is 0. The van der Waals surface area contributed by atoms with Crippen molar-refractivity contribution >= 4 is 34.2 Å². The Morgan fingerprint density at radius 2 is 2.29 bits per heavy atom. The number of aromatic nitrogens is 1. The number of hydrogen-bond acceptors (Lipinski definition) is 2. The molecule has 2 aromatic rings. The molecule has 0 fully saturated rings. The quantitative estimate of drug-likeness (QED) is 0.623. The van der Waals surface area contributed by atoms with Gasteiger partial charge < -0.3 is 4.42 Å². The van der Waals surface area contributed by atoms with Crippen LogP contribution in [-0.4, -0.2) is 4.98 Å². The van der Waals surface area contributed by atoms with Crippen LogP contribution in [0.15, 0.2) is 34.9 Å². The molecule has 72 valence electrons. The topological polar surface area (TPSA) is 26.0 Å². The molecule has 0 aliphatic carbocycles. The lowest BCUT2D eigenvalue weighted by Gasteiger charge is -1.95. The highest BCUT2D eigenvalue weighted by Gasteiger charge is 2.05. The Morgan fingerprint density at radius 1 is 1.43 bits per heavy atom. The Hall–Kier alpha value is -0.550. The molecule has 0 saturated carbocycles. The minimum absolute atomic E-state index is 0.309. The van der Waals surface area contributed by atoms with E-state index in [-0.39, 0.29) is 0 Å². The molecule has 1 aromatic carbocycles. The minimum atomic E-state index is 0.309. The van der Waals surface area contributed by atoms with Crippen molar-refractivity contribution in [2.75, 3.05) is 0 Å². The Bertz CT molecular complexity index is 441.